The highest BCUT2D eigenvalue weighted by molar-refractivity contribution is 6.19. The number of hydrogen-bond donors (Lipinski definition) is 0. The van der Waals surface area contributed by atoms with Gasteiger partial charge in [0.2, 0.25) is 0 Å². The molecule has 0 N–H and O–H groups in total. The van der Waals surface area contributed by atoms with Crippen molar-refractivity contribution in [1.29, 1.82) is 0 Å². The van der Waals surface area contributed by atoms with Crippen molar-refractivity contribution in [2.75, 3.05) is 0 Å². The Kier molecular flexibility index (Phi) is 5.12. The summed E-state index contributed by atoms with van der Waals surface area (Å²) in [6.07, 6.45) is 0. The Labute approximate surface area is 267 Å². The van der Waals surface area contributed by atoms with Gasteiger partial charge in [-0.1, -0.05) is 141 Å². The molecule has 46 heavy (non-hydrogen) atoms. The number of rotatable bonds is 2. The summed E-state index contributed by atoms with van der Waals surface area (Å²) in [6.45, 7) is 4.75. The van der Waals surface area contributed by atoms with Gasteiger partial charge >= 0.3 is 0 Å². The van der Waals surface area contributed by atoms with Crippen molar-refractivity contribution >= 4 is 54.3 Å². The van der Waals surface area contributed by atoms with E-state index >= 15 is 0 Å². The number of hydrogen-bond acceptors (Lipinski definition) is 1. The third-order valence-electron chi connectivity index (χ3n) is 10.5. The molecule has 9 aromatic rings. The second-order valence-corrected chi connectivity index (χ2v) is 13.2. The molecule has 0 saturated heterocycles. The minimum atomic E-state index is -0.132. The topological polar surface area (TPSA) is 13.1 Å². The van der Waals surface area contributed by atoms with Crippen LogP contribution in [-0.4, -0.2) is 0 Å². The molecule has 0 saturated carbocycles. The first kappa shape index (κ1) is 25.6. The average molecular weight is 587 g/mol. The van der Waals surface area contributed by atoms with Crippen molar-refractivity contribution < 1.29 is 4.42 Å². The standard InChI is InChI=1S/C45H30O/c1-45(2)39-25-24-35-34(33-16-7-12-27-10-3-5-13-30(27)33)17-8-18-36(35)42(39)37-22-21-29(26-40(37)45)31-15-9-19-41-43(31)38-23-20-28-11-4-6-14-32(28)44(38)46-41/h3-26H,1-2H3. The molecule has 1 aromatic heterocycles. The predicted molar refractivity (Wildman–Crippen MR) is 195 cm³/mol. The third kappa shape index (κ3) is 3.40. The van der Waals surface area contributed by atoms with Gasteiger partial charge in [0, 0.05) is 21.6 Å². The van der Waals surface area contributed by atoms with Crippen molar-refractivity contribution in [3.05, 3.63) is 157 Å². The van der Waals surface area contributed by atoms with Gasteiger partial charge in [0.1, 0.15) is 11.2 Å². The smallest absolute Gasteiger partial charge is 0.143 e. The summed E-state index contributed by atoms with van der Waals surface area (Å²) < 4.78 is 6.53. The molecule has 0 atom stereocenters. The molecule has 0 amide bonds. The van der Waals surface area contributed by atoms with Crippen LogP contribution in [0.2, 0.25) is 0 Å². The highest BCUT2D eigenvalue weighted by Crippen LogP contribution is 2.53. The van der Waals surface area contributed by atoms with E-state index in [1.807, 2.05) is 0 Å². The molecule has 0 fully saturated rings. The maximum atomic E-state index is 6.53. The lowest BCUT2D eigenvalue weighted by atomic mass is 9.81. The van der Waals surface area contributed by atoms with Gasteiger partial charge in [0.15, 0.2) is 0 Å². The van der Waals surface area contributed by atoms with Crippen molar-refractivity contribution in [3.8, 4) is 33.4 Å². The second kappa shape index (κ2) is 9.19. The van der Waals surface area contributed by atoms with Crippen LogP contribution in [0.15, 0.2) is 150 Å². The predicted octanol–water partition coefficient (Wildman–Crippen LogP) is 12.7. The minimum Gasteiger partial charge on any atom is -0.455 e. The molecule has 1 heteroatoms. The summed E-state index contributed by atoms with van der Waals surface area (Å²) in [7, 11) is 0. The Morgan fingerprint density at radius 2 is 1.09 bits per heavy atom. The maximum absolute atomic E-state index is 6.53. The van der Waals surface area contributed by atoms with E-state index in [1.54, 1.807) is 0 Å². The molecule has 216 valence electrons. The Hall–Kier alpha value is -5.66. The second-order valence-electron chi connectivity index (χ2n) is 13.2. The zero-order chi connectivity index (χ0) is 30.6. The molecule has 0 bridgehead atoms. The van der Waals surface area contributed by atoms with E-state index in [0.717, 1.165) is 16.6 Å². The summed E-state index contributed by atoms with van der Waals surface area (Å²) in [5, 5.41) is 9.87. The molecule has 1 aliphatic carbocycles. The molecule has 0 radical (unpaired) electrons. The highest BCUT2D eigenvalue weighted by atomic mass is 16.3. The number of furan rings is 1. The van der Waals surface area contributed by atoms with Gasteiger partial charge in [-0.25, -0.2) is 0 Å². The fourth-order valence-corrected chi connectivity index (χ4v) is 8.25. The van der Waals surface area contributed by atoms with Crippen LogP contribution in [0.1, 0.15) is 25.0 Å². The molecule has 1 heterocycles. The van der Waals surface area contributed by atoms with Gasteiger partial charge in [0.05, 0.1) is 0 Å². The van der Waals surface area contributed by atoms with Crippen molar-refractivity contribution in [2.45, 2.75) is 19.3 Å². The Morgan fingerprint density at radius 1 is 0.435 bits per heavy atom. The van der Waals surface area contributed by atoms with E-state index in [1.165, 1.54) is 82.2 Å². The normalized spacial score (nSPS) is 13.6. The Morgan fingerprint density at radius 3 is 1.96 bits per heavy atom. The maximum Gasteiger partial charge on any atom is 0.143 e. The molecular formula is C45H30O. The summed E-state index contributed by atoms with van der Waals surface area (Å²) in [4.78, 5) is 0. The Bertz CT molecular complexity index is 2720. The van der Waals surface area contributed by atoms with Crippen LogP contribution >= 0.6 is 0 Å². The van der Waals surface area contributed by atoms with Gasteiger partial charge < -0.3 is 4.42 Å². The molecule has 8 aromatic carbocycles. The molecule has 1 nitrogen and oxygen atoms in total. The van der Waals surface area contributed by atoms with Gasteiger partial charge in [-0.2, -0.15) is 0 Å². The largest absolute Gasteiger partial charge is 0.455 e. The van der Waals surface area contributed by atoms with E-state index in [4.69, 9.17) is 4.42 Å². The highest BCUT2D eigenvalue weighted by Gasteiger charge is 2.37. The number of fused-ring (bicyclic) bond motifs is 11. The molecule has 0 aliphatic heterocycles. The van der Waals surface area contributed by atoms with Crippen molar-refractivity contribution in [1.82, 2.24) is 0 Å². The van der Waals surface area contributed by atoms with Gasteiger partial charge in [-0.05, 0) is 89.6 Å². The van der Waals surface area contributed by atoms with Gasteiger partial charge in [-0.15, -0.1) is 0 Å². The van der Waals surface area contributed by atoms with Crippen LogP contribution in [0.4, 0.5) is 0 Å². The van der Waals surface area contributed by atoms with Gasteiger partial charge in [0.25, 0.3) is 0 Å². The monoisotopic (exact) mass is 586 g/mol. The summed E-state index contributed by atoms with van der Waals surface area (Å²) >= 11 is 0. The van der Waals surface area contributed by atoms with Crippen LogP contribution in [0.5, 0.6) is 0 Å². The van der Waals surface area contributed by atoms with E-state index in [-0.39, 0.29) is 5.41 Å². The Balaban J connectivity index is 1.19. The van der Waals surface area contributed by atoms with Crippen LogP contribution in [0.25, 0.3) is 87.6 Å². The number of benzene rings is 8. The summed E-state index contributed by atoms with van der Waals surface area (Å²) in [5.41, 5.74) is 12.2. The van der Waals surface area contributed by atoms with Crippen molar-refractivity contribution in [3.63, 3.8) is 0 Å². The lowest BCUT2D eigenvalue weighted by Gasteiger charge is -2.22. The molecule has 10 rings (SSSR count). The lowest BCUT2D eigenvalue weighted by molar-refractivity contribution is 0.661. The fourth-order valence-electron chi connectivity index (χ4n) is 8.25. The molecule has 1 aliphatic rings. The van der Waals surface area contributed by atoms with E-state index in [9.17, 15) is 0 Å². The summed E-state index contributed by atoms with van der Waals surface area (Å²) in [6, 6.07) is 53.4. The molecule has 0 unspecified atom stereocenters. The minimum absolute atomic E-state index is 0.132. The average Bonchev–Trinajstić information content (AvgIpc) is 3.60. The first-order valence-corrected chi connectivity index (χ1v) is 16.1. The van der Waals surface area contributed by atoms with Crippen molar-refractivity contribution in [2.24, 2.45) is 0 Å². The fraction of sp³-hybridized carbons (Fsp3) is 0.0667. The molecular weight excluding hydrogens is 556 g/mol. The quantitative estimate of drug-likeness (QED) is 0.196. The van der Waals surface area contributed by atoms with E-state index < -0.39 is 0 Å². The van der Waals surface area contributed by atoms with E-state index in [0.29, 0.717) is 0 Å². The third-order valence-corrected chi connectivity index (χ3v) is 10.5. The SMILES string of the molecule is CC1(C)c2cc(-c3cccc4oc5c6ccccc6ccc5c34)ccc2-c2c1ccc1c(-c3cccc4ccccc34)cccc21. The zero-order valence-electron chi connectivity index (χ0n) is 25.8. The first-order valence-electron chi connectivity index (χ1n) is 16.1. The van der Waals surface area contributed by atoms with E-state index in [2.05, 4.69) is 159 Å². The zero-order valence-corrected chi connectivity index (χ0v) is 25.8. The lowest BCUT2D eigenvalue weighted by Crippen LogP contribution is -2.15. The summed E-state index contributed by atoms with van der Waals surface area (Å²) in [5.74, 6) is 0. The van der Waals surface area contributed by atoms with Crippen LogP contribution in [0, 0.1) is 0 Å². The van der Waals surface area contributed by atoms with Crippen LogP contribution in [-0.2, 0) is 5.41 Å². The van der Waals surface area contributed by atoms with Crippen LogP contribution < -0.4 is 0 Å². The first-order chi connectivity index (χ1) is 22.6. The van der Waals surface area contributed by atoms with Crippen LogP contribution in [0.3, 0.4) is 0 Å². The molecule has 0 spiro atoms. The van der Waals surface area contributed by atoms with Gasteiger partial charge in [-0.3, -0.25) is 0 Å².